The van der Waals surface area contributed by atoms with Gasteiger partial charge in [0.1, 0.15) is 0 Å². The molecule has 2 aromatic rings. The molecule has 0 spiro atoms. The van der Waals surface area contributed by atoms with Crippen molar-refractivity contribution in [2.75, 3.05) is 57.2 Å². The fourth-order valence-corrected chi connectivity index (χ4v) is 5.63. The maximum absolute atomic E-state index is 13.2. The van der Waals surface area contributed by atoms with Gasteiger partial charge >= 0.3 is 0 Å². The number of amides is 2. The van der Waals surface area contributed by atoms with Gasteiger partial charge in [0.15, 0.2) is 0 Å². The summed E-state index contributed by atoms with van der Waals surface area (Å²) in [5, 5.41) is 0. The zero-order chi connectivity index (χ0) is 24.3. The second-order valence-electron chi connectivity index (χ2n) is 8.99. The van der Waals surface area contributed by atoms with Crippen LogP contribution in [-0.2, 0) is 14.8 Å². The predicted molar refractivity (Wildman–Crippen MR) is 131 cm³/mol. The van der Waals surface area contributed by atoms with Crippen molar-refractivity contribution in [3.63, 3.8) is 0 Å². The number of hydrogen-bond donors (Lipinski definition) is 0. The normalized spacial score (nSPS) is 17.1. The Balaban J connectivity index is 1.40. The first-order chi connectivity index (χ1) is 16.3. The summed E-state index contributed by atoms with van der Waals surface area (Å²) in [4.78, 5) is 31.3. The number of rotatable bonds is 6. The zero-order valence-electron chi connectivity index (χ0n) is 19.8. The van der Waals surface area contributed by atoms with Gasteiger partial charge in [0.05, 0.1) is 17.1 Å². The van der Waals surface area contributed by atoms with E-state index in [2.05, 4.69) is 4.90 Å². The predicted octanol–water partition coefficient (Wildman–Crippen LogP) is 2.20. The number of piperazine rings is 1. The summed E-state index contributed by atoms with van der Waals surface area (Å²) >= 11 is 0. The molecule has 0 N–H and O–H groups in total. The molecule has 0 bridgehead atoms. The van der Waals surface area contributed by atoms with Crippen molar-refractivity contribution in [1.29, 1.82) is 0 Å². The summed E-state index contributed by atoms with van der Waals surface area (Å²) in [5.41, 5.74) is 1.95. The molecular weight excluding hydrogens is 452 g/mol. The molecule has 0 radical (unpaired) electrons. The van der Waals surface area contributed by atoms with Gasteiger partial charge in [0.2, 0.25) is 5.91 Å². The topological polar surface area (TPSA) is 81.2 Å². The Bertz CT molecular complexity index is 1140. The van der Waals surface area contributed by atoms with Crippen molar-refractivity contribution in [1.82, 2.24) is 14.7 Å². The molecule has 34 heavy (non-hydrogen) atoms. The van der Waals surface area contributed by atoms with Crippen LogP contribution in [0.25, 0.3) is 0 Å². The molecule has 8 nitrogen and oxygen atoms in total. The Kier molecular flexibility index (Phi) is 7.23. The Morgan fingerprint density at radius 3 is 2.18 bits per heavy atom. The van der Waals surface area contributed by atoms with E-state index < -0.39 is 10.0 Å². The Morgan fingerprint density at radius 1 is 0.882 bits per heavy atom. The first kappa shape index (κ1) is 24.2. The van der Waals surface area contributed by atoms with E-state index in [9.17, 15) is 18.0 Å². The number of likely N-dealkylation sites (tertiary alicyclic amines) is 1. The van der Waals surface area contributed by atoms with Crippen molar-refractivity contribution in [2.24, 2.45) is 0 Å². The van der Waals surface area contributed by atoms with Gasteiger partial charge in [-0.3, -0.25) is 18.8 Å². The van der Waals surface area contributed by atoms with Crippen LogP contribution in [0, 0.1) is 6.92 Å². The third-order valence-corrected chi connectivity index (χ3v) is 8.40. The molecule has 2 saturated heterocycles. The van der Waals surface area contributed by atoms with Crippen molar-refractivity contribution in [3.05, 3.63) is 59.7 Å². The van der Waals surface area contributed by atoms with E-state index in [4.69, 9.17) is 0 Å². The van der Waals surface area contributed by atoms with E-state index in [0.717, 1.165) is 31.5 Å². The first-order valence-electron chi connectivity index (χ1n) is 11.7. The number of anilines is 1. The van der Waals surface area contributed by atoms with Crippen molar-refractivity contribution in [3.8, 4) is 0 Å². The summed E-state index contributed by atoms with van der Waals surface area (Å²) < 4.78 is 27.6. The minimum atomic E-state index is -3.81. The molecule has 2 aliphatic heterocycles. The average Bonchev–Trinajstić information content (AvgIpc) is 3.39. The number of aryl methyl sites for hydroxylation is 1. The highest BCUT2D eigenvalue weighted by molar-refractivity contribution is 7.92. The van der Waals surface area contributed by atoms with Crippen LogP contribution in [0.15, 0.2) is 53.4 Å². The van der Waals surface area contributed by atoms with Gasteiger partial charge in [-0.25, -0.2) is 8.42 Å². The lowest BCUT2D eigenvalue weighted by Crippen LogP contribution is -2.51. The quantitative estimate of drug-likeness (QED) is 0.628. The number of sulfonamides is 1. The maximum Gasteiger partial charge on any atom is 0.264 e. The van der Waals surface area contributed by atoms with Crippen LogP contribution in [0.4, 0.5) is 5.69 Å². The standard InChI is InChI=1S/C25H32N4O4S/c1-20-8-10-22(11-9-20)26(2)34(32,33)23-7-5-6-21(18-23)25(31)29-16-14-27(15-17-29)19-24(30)28-12-3-4-13-28/h5-11,18H,3-4,12-17,19H2,1-2H3. The van der Waals surface area contributed by atoms with Crippen LogP contribution in [0.5, 0.6) is 0 Å². The molecule has 4 rings (SSSR count). The summed E-state index contributed by atoms with van der Waals surface area (Å²) in [6.45, 7) is 6.28. The minimum Gasteiger partial charge on any atom is -0.342 e. The molecule has 0 aliphatic carbocycles. The van der Waals surface area contributed by atoms with E-state index in [1.165, 1.54) is 23.5 Å². The molecule has 0 saturated carbocycles. The Labute approximate surface area is 201 Å². The van der Waals surface area contributed by atoms with E-state index in [0.29, 0.717) is 44.0 Å². The van der Waals surface area contributed by atoms with Crippen LogP contribution < -0.4 is 4.31 Å². The Morgan fingerprint density at radius 2 is 1.53 bits per heavy atom. The van der Waals surface area contributed by atoms with Crippen LogP contribution in [0.1, 0.15) is 28.8 Å². The third kappa shape index (κ3) is 5.26. The molecule has 182 valence electrons. The molecule has 0 aromatic heterocycles. The van der Waals surface area contributed by atoms with Crippen molar-refractivity contribution >= 4 is 27.5 Å². The van der Waals surface area contributed by atoms with Gasteiger partial charge in [-0.1, -0.05) is 23.8 Å². The molecule has 2 amide bonds. The summed E-state index contributed by atoms with van der Waals surface area (Å²) in [5.74, 6) is -0.0339. The van der Waals surface area contributed by atoms with E-state index in [-0.39, 0.29) is 16.7 Å². The van der Waals surface area contributed by atoms with Crippen LogP contribution in [-0.4, -0.2) is 87.8 Å². The summed E-state index contributed by atoms with van der Waals surface area (Å²) in [6.07, 6.45) is 2.15. The van der Waals surface area contributed by atoms with Crippen LogP contribution >= 0.6 is 0 Å². The highest BCUT2D eigenvalue weighted by Crippen LogP contribution is 2.23. The molecule has 2 aliphatic rings. The molecule has 2 fully saturated rings. The number of hydrogen-bond acceptors (Lipinski definition) is 5. The number of benzene rings is 2. The van der Waals surface area contributed by atoms with Gasteiger partial charge in [-0.05, 0) is 50.1 Å². The maximum atomic E-state index is 13.2. The number of carbonyl (C=O) groups is 2. The minimum absolute atomic E-state index is 0.0799. The summed E-state index contributed by atoms with van der Waals surface area (Å²) in [7, 11) is -2.30. The van der Waals surface area contributed by atoms with Gasteiger partial charge in [-0.2, -0.15) is 0 Å². The third-order valence-electron chi connectivity index (χ3n) is 6.61. The molecule has 2 heterocycles. The van der Waals surface area contributed by atoms with E-state index in [1.54, 1.807) is 29.2 Å². The molecule has 9 heteroatoms. The first-order valence-corrected chi connectivity index (χ1v) is 13.1. The fraction of sp³-hybridized carbons (Fsp3) is 0.440. The van der Waals surface area contributed by atoms with Gasteiger partial charge in [0, 0.05) is 51.9 Å². The highest BCUT2D eigenvalue weighted by atomic mass is 32.2. The number of carbonyl (C=O) groups excluding carboxylic acids is 2. The second kappa shape index (κ2) is 10.1. The molecule has 0 unspecified atom stereocenters. The summed E-state index contributed by atoms with van der Waals surface area (Å²) in [6, 6.07) is 13.5. The van der Waals surface area contributed by atoms with Crippen LogP contribution in [0.3, 0.4) is 0 Å². The lowest BCUT2D eigenvalue weighted by Gasteiger charge is -2.35. The van der Waals surface area contributed by atoms with E-state index in [1.807, 2.05) is 24.0 Å². The SMILES string of the molecule is Cc1ccc(N(C)S(=O)(=O)c2cccc(C(=O)N3CCN(CC(=O)N4CCCC4)CC3)c2)cc1. The highest BCUT2D eigenvalue weighted by Gasteiger charge is 2.27. The molecular formula is C25H32N4O4S. The average molecular weight is 485 g/mol. The lowest BCUT2D eigenvalue weighted by molar-refractivity contribution is -0.131. The monoisotopic (exact) mass is 484 g/mol. The molecule has 2 aromatic carbocycles. The second-order valence-corrected chi connectivity index (χ2v) is 11.0. The van der Waals surface area contributed by atoms with Crippen molar-refractivity contribution in [2.45, 2.75) is 24.7 Å². The zero-order valence-corrected chi connectivity index (χ0v) is 20.6. The van der Waals surface area contributed by atoms with E-state index >= 15 is 0 Å². The Hall–Kier alpha value is -2.91. The largest absolute Gasteiger partial charge is 0.342 e. The number of nitrogens with zero attached hydrogens (tertiary/aromatic N) is 4. The smallest absolute Gasteiger partial charge is 0.264 e. The van der Waals surface area contributed by atoms with Crippen molar-refractivity contribution < 1.29 is 18.0 Å². The van der Waals surface area contributed by atoms with Gasteiger partial charge < -0.3 is 9.80 Å². The fourth-order valence-electron chi connectivity index (χ4n) is 4.39. The van der Waals surface area contributed by atoms with Gasteiger partial charge in [-0.15, -0.1) is 0 Å². The van der Waals surface area contributed by atoms with Gasteiger partial charge in [0.25, 0.3) is 15.9 Å². The van der Waals surface area contributed by atoms with Crippen LogP contribution in [0.2, 0.25) is 0 Å². The molecule has 0 atom stereocenters. The lowest BCUT2D eigenvalue weighted by atomic mass is 10.2.